The molecule has 0 aromatic heterocycles. The maximum Gasteiger partial charge on any atom is 0.170 e. The number of ether oxygens (including phenoxy) is 1. The van der Waals surface area contributed by atoms with Gasteiger partial charge >= 0.3 is 0 Å². The molecular weight excluding hydrogens is 204 g/mol. The second-order valence-electron chi connectivity index (χ2n) is 4.04. The van der Waals surface area contributed by atoms with Crippen molar-refractivity contribution in [2.75, 3.05) is 6.61 Å². The van der Waals surface area contributed by atoms with E-state index in [9.17, 15) is 0 Å². The van der Waals surface area contributed by atoms with E-state index in [-0.39, 0.29) is 5.84 Å². The summed E-state index contributed by atoms with van der Waals surface area (Å²) < 4.78 is 5.56. The molecule has 0 atom stereocenters. The van der Waals surface area contributed by atoms with Gasteiger partial charge < -0.3 is 15.7 Å². The standard InChI is InChI=1S/C12H18N2O2/c1-9(2)6-7-16-11-5-3-4-10(8-11)12(13)14-15/h3-5,8-9,15H,6-7H2,1-2H3,(H2,13,14). The molecule has 88 valence electrons. The number of amidine groups is 1. The number of benzene rings is 1. The second-order valence-corrected chi connectivity index (χ2v) is 4.04. The van der Waals surface area contributed by atoms with Crippen molar-refractivity contribution < 1.29 is 9.94 Å². The summed E-state index contributed by atoms with van der Waals surface area (Å²) >= 11 is 0. The molecule has 0 aliphatic carbocycles. The third-order valence-electron chi connectivity index (χ3n) is 2.20. The number of nitrogens with two attached hydrogens (primary N) is 1. The van der Waals surface area contributed by atoms with Crippen molar-refractivity contribution in [1.82, 2.24) is 0 Å². The van der Waals surface area contributed by atoms with E-state index in [1.54, 1.807) is 12.1 Å². The number of hydrogen-bond acceptors (Lipinski definition) is 3. The molecule has 0 saturated carbocycles. The zero-order chi connectivity index (χ0) is 12.0. The Morgan fingerprint density at radius 1 is 1.50 bits per heavy atom. The molecule has 4 nitrogen and oxygen atoms in total. The number of oxime groups is 1. The first-order chi connectivity index (χ1) is 7.63. The first-order valence-corrected chi connectivity index (χ1v) is 5.34. The molecule has 0 spiro atoms. The summed E-state index contributed by atoms with van der Waals surface area (Å²) in [6, 6.07) is 7.20. The van der Waals surface area contributed by atoms with Crippen LogP contribution in [0.1, 0.15) is 25.8 Å². The lowest BCUT2D eigenvalue weighted by atomic mass is 10.1. The van der Waals surface area contributed by atoms with Crippen LogP contribution in [0.5, 0.6) is 5.75 Å². The Hall–Kier alpha value is -1.71. The SMILES string of the molecule is CC(C)CCOc1cccc(/C(N)=N/O)c1. The number of rotatable bonds is 5. The number of hydrogen-bond donors (Lipinski definition) is 2. The molecule has 3 N–H and O–H groups in total. The Labute approximate surface area is 95.7 Å². The molecule has 0 saturated heterocycles. The molecule has 0 aliphatic heterocycles. The lowest BCUT2D eigenvalue weighted by Crippen LogP contribution is -2.13. The van der Waals surface area contributed by atoms with Crippen molar-refractivity contribution in [2.45, 2.75) is 20.3 Å². The van der Waals surface area contributed by atoms with Gasteiger partial charge in [-0.25, -0.2) is 0 Å². The summed E-state index contributed by atoms with van der Waals surface area (Å²) in [6.07, 6.45) is 1.01. The third kappa shape index (κ3) is 3.81. The highest BCUT2D eigenvalue weighted by Gasteiger charge is 2.01. The molecule has 0 bridgehead atoms. The van der Waals surface area contributed by atoms with Gasteiger partial charge in [0, 0.05) is 5.56 Å². The zero-order valence-corrected chi connectivity index (χ0v) is 9.68. The average Bonchev–Trinajstić information content (AvgIpc) is 2.28. The molecule has 0 radical (unpaired) electrons. The summed E-state index contributed by atoms with van der Waals surface area (Å²) in [4.78, 5) is 0. The highest BCUT2D eigenvalue weighted by molar-refractivity contribution is 5.97. The van der Waals surface area contributed by atoms with Crippen molar-refractivity contribution in [1.29, 1.82) is 0 Å². The van der Waals surface area contributed by atoms with Gasteiger partial charge in [0.2, 0.25) is 0 Å². The fraction of sp³-hybridized carbons (Fsp3) is 0.417. The van der Waals surface area contributed by atoms with E-state index < -0.39 is 0 Å². The first-order valence-electron chi connectivity index (χ1n) is 5.34. The Balaban J connectivity index is 2.61. The minimum atomic E-state index is 0.0920. The van der Waals surface area contributed by atoms with Crippen molar-refractivity contribution in [3.05, 3.63) is 29.8 Å². The van der Waals surface area contributed by atoms with E-state index in [0.29, 0.717) is 18.1 Å². The molecule has 16 heavy (non-hydrogen) atoms. The van der Waals surface area contributed by atoms with Crippen LogP contribution in [0.2, 0.25) is 0 Å². The minimum absolute atomic E-state index is 0.0920. The quantitative estimate of drug-likeness (QED) is 0.347. The van der Waals surface area contributed by atoms with Gasteiger partial charge in [-0.2, -0.15) is 0 Å². The van der Waals surface area contributed by atoms with E-state index in [4.69, 9.17) is 15.7 Å². The summed E-state index contributed by atoms with van der Waals surface area (Å²) in [7, 11) is 0. The normalized spacial score (nSPS) is 11.8. The summed E-state index contributed by atoms with van der Waals surface area (Å²) in [5, 5.41) is 11.5. The Kier molecular flexibility index (Phi) is 4.64. The van der Waals surface area contributed by atoms with E-state index >= 15 is 0 Å². The average molecular weight is 222 g/mol. The van der Waals surface area contributed by atoms with Crippen molar-refractivity contribution in [3.8, 4) is 5.75 Å². The predicted molar refractivity (Wildman–Crippen MR) is 63.9 cm³/mol. The van der Waals surface area contributed by atoms with Gasteiger partial charge in [-0.1, -0.05) is 31.1 Å². The molecule has 0 unspecified atom stereocenters. The summed E-state index contributed by atoms with van der Waals surface area (Å²) in [6.45, 7) is 4.98. The van der Waals surface area contributed by atoms with Crippen molar-refractivity contribution in [3.63, 3.8) is 0 Å². The van der Waals surface area contributed by atoms with Crippen LogP contribution >= 0.6 is 0 Å². The molecule has 0 aliphatic rings. The molecule has 1 aromatic rings. The minimum Gasteiger partial charge on any atom is -0.494 e. The summed E-state index contributed by atoms with van der Waals surface area (Å²) in [5.74, 6) is 1.45. The maximum absolute atomic E-state index is 8.55. The number of nitrogens with zero attached hydrogens (tertiary/aromatic N) is 1. The van der Waals surface area contributed by atoms with E-state index in [0.717, 1.165) is 12.2 Å². The smallest absolute Gasteiger partial charge is 0.170 e. The van der Waals surface area contributed by atoms with Crippen LogP contribution < -0.4 is 10.5 Å². The Morgan fingerprint density at radius 3 is 2.88 bits per heavy atom. The van der Waals surface area contributed by atoms with Gasteiger partial charge in [0.05, 0.1) is 6.61 Å². The van der Waals surface area contributed by atoms with E-state index in [1.165, 1.54) is 0 Å². The molecule has 0 fully saturated rings. The van der Waals surface area contributed by atoms with Crippen LogP contribution in [0.3, 0.4) is 0 Å². The summed E-state index contributed by atoms with van der Waals surface area (Å²) in [5.41, 5.74) is 6.14. The molecule has 0 heterocycles. The van der Waals surface area contributed by atoms with Crippen LogP contribution in [0, 0.1) is 5.92 Å². The monoisotopic (exact) mass is 222 g/mol. The van der Waals surface area contributed by atoms with Crippen LogP contribution in [0.4, 0.5) is 0 Å². The lowest BCUT2D eigenvalue weighted by Gasteiger charge is -2.08. The van der Waals surface area contributed by atoms with E-state index in [1.807, 2.05) is 12.1 Å². The van der Waals surface area contributed by atoms with E-state index in [2.05, 4.69) is 19.0 Å². The highest BCUT2D eigenvalue weighted by atomic mass is 16.5. The molecule has 1 aromatic carbocycles. The maximum atomic E-state index is 8.55. The van der Waals surface area contributed by atoms with Gasteiger partial charge in [0.15, 0.2) is 5.84 Å². The first kappa shape index (κ1) is 12.4. The molecule has 1 rings (SSSR count). The van der Waals surface area contributed by atoms with Crippen LogP contribution in [-0.2, 0) is 0 Å². The Bertz CT molecular complexity index is 362. The largest absolute Gasteiger partial charge is 0.494 e. The Morgan fingerprint density at radius 2 is 2.25 bits per heavy atom. The van der Waals surface area contributed by atoms with Gasteiger partial charge in [0.25, 0.3) is 0 Å². The zero-order valence-electron chi connectivity index (χ0n) is 9.68. The van der Waals surface area contributed by atoms with Crippen LogP contribution in [-0.4, -0.2) is 17.6 Å². The van der Waals surface area contributed by atoms with Crippen molar-refractivity contribution >= 4 is 5.84 Å². The van der Waals surface area contributed by atoms with Gasteiger partial charge in [0.1, 0.15) is 5.75 Å². The lowest BCUT2D eigenvalue weighted by molar-refractivity contribution is 0.289. The predicted octanol–water partition coefficient (Wildman–Crippen LogP) is 2.21. The fourth-order valence-electron chi connectivity index (χ4n) is 1.22. The fourth-order valence-corrected chi connectivity index (χ4v) is 1.22. The molecular formula is C12H18N2O2. The topological polar surface area (TPSA) is 67.8 Å². The van der Waals surface area contributed by atoms with Gasteiger partial charge in [-0.05, 0) is 24.5 Å². The van der Waals surface area contributed by atoms with Crippen LogP contribution in [0.25, 0.3) is 0 Å². The van der Waals surface area contributed by atoms with Crippen molar-refractivity contribution in [2.24, 2.45) is 16.8 Å². The molecule has 0 amide bonds. The van der Waals surface area contributed by atoms with Gasteiger partial charge in [-0.15, -0.1) is 0 Å². The van der Waals surface area contributed by atoms with Crippen LogP contribution in [0.15, 0.2) is 29.4 Å². The second kappa shape index (κ2) is 6.00. The van der Waals surface area contributed by atoms with Gasteiger partial charge in [-0.3, -0.25) is 0 Å². The third-order valence-corrected chi connectivity index (χ3v) is 2.20. The molecule has 4 heteroatoms. The highest BCUT2D eigenvalue weighted by Crippen LogP contribution is 2.14.